The topological polar surface area (TPSA) is 24.9 Å². The predicted octanol–water partition coefficient (Wildman–Crippen LogP) is 2.29. The van der Waals surface area contributed by atoms with Gasteiger partial charge < -0.3 is 5.32 Å². The van der Waals surface area contributed by atoms with Gasteiger partial charge in [0.25, 0.3) is 0 Å². The van der Waals surface area contributed by atoms with Gasteiger partial charge in [0, 0.05) is 12.6 Å². The van der Waals surface area contributed by atoms with E-state index in [0.717, 1.165) is 21.8 Å². The summed E-state index contributed by atoms with van der Waals surface area (Å²) in [6.45, 7) is 3.12. The first-order valence-electron chi connectivity index (χ1n) is 4.09. The van der Waals surface area contributed by atoms with Crippen LogP contribution in [0.2, 0.25) is 4.34 Å². The Balaban J connectivity index is 1.80. The van der Waals surface area contributed by atoms with E-state index in [0.29, 0.717) is 6.04 Å². The lowest BCUT2D eigenvalue weighted by Gasteiger charge is -1.97. The van der Waals surface area contributed by atoms with Gasteiger partial charge in [-0.15, -0.1) is 11.3 Å². The van der Waals surface area contributed by atoms with Crippen molar-refractivity contribution in [2.24, 2.45) is 5.92 Å². The molecule has 4 heteroatoms. The molecule has 1 fully saturated rings. The number of rotatable bonds is 3. The Bertz CT molecular complexity index is 274. The zero-order valence-electron chi connectivity index (χ0n) is 6.88. The molecule has 1 aliphatic carbocycles. The van der Waals surface area contributed by atoms with Gasteiger partial charge in [0.15, 0.2) is 0 Å². The maximum atomic E-state index is 5.75. The van der Waals surface area contributed by atoms with Crippen LogP contribution in [0.1, 0.15) is 18.4 Å². The summed E-state index contributed by atoms with van der Waals surface area (Å²) in [5.41, 5.74) is 0. The van der Waals surface area contributed by atoms with E-state index in [1.54, 1.807) is 17.5 Å². The van der Waals surface area contributed by atoms with E-state index in [9.17, 15) is 0 Å². The highest BCUT2D eigenvalue weighted by Gasteiger charge is 2.31. The second-order valence-electron chi connectivity index (χ2n) is 3.26. The summed E-state index contributed by atoms with van der Waals surface area (Å²) in [7, 11) is 0. The smallest absolute Gasteiger partial charge is 0.113 e. The van der Waals surface area contributed by atoms with Gasteiger partial charge in [-0.05, 0) is 12.3 Å². The number of hydrogen-bond acceptors (Lipinski definition) is 3. The molecular formula is C8H11ClN2S. The van der Waals surface area contributed by atoms with Crippen molar-refractivity contribution in [1.82, 2.24) is 10.3 Å². The fraction of sp³-hybridized carbons (Fsp3) is 0.625. The zero-order valence-corrected chi connectivity index (χ0v) is 8.45. The molecule has 2 unspecified atom stereocenters. The van der Waals surface area contributed by atoms with Gasteiger partial charge in [-0.25, -0.2) is 4.98 Å². The summed E-state index contributed by atoms with van der Waals surface area (Å²) in [4.78, 5) is 4.16. The Morgan fingerprint density at radius 2 is 2.58 bits per heavy atom. The molecule has 1 heterocycles. The van der Waals surface area contributed by atoms with E-state index in [1.807, 2.05) is 0 Å². The third-order valence-electron chi connectivity index (χ3n) is 2.15. The molecule has 66 valence electrons. The molecule has 0 aromatic carbocycles. The van der Waals surface area contributed by atoms with Crippen LogP contribution in [-0.4, -0.2) is 11.0 Å². The van der Waals surface area contributed by atoms with E-state index in [-0.39, 0.29) is 0 Å². The maximum absolute atomic E-state index is 5.75. The van der Waals surface area contributed by atoms with Crippen LogP contribution in [0.5, 0.6) is 0 Å². The van der Waals surface area contributed by atoms with Crippen LogP contribution in [0.4, 0.5) is 0 Å². The van der Waals surface area contributed by atoms with Crippen LogP contribution >= 0.6 is 22.9 Å². The van der Waals surface area contributed by atoms with Gasteiger partial charge in [0.2, 0.25) is 0 Å². The summed E-state index contributed by atoms with van der Waals surface area (Å²) in [6, 6.07) is 0.715. The number of nitrogens with zero attached hydrogens (tertiary/aromatic N) is 1. The average molecular weight is 203 g/mol. The van der Waals surface area contributed by atoms with Crippen LogP contribution in [-0.2, 0) is 6.54 Å². The van der Waals surface area contributed by atoms with Crippen molar-refractivity contribution >= 4 is 22.9 Å². The van der Waals surface area contributed by atoms with E-state index in [4.69, 9.17) is 11.6 Å². The first-order chi connectivity index (χ1) is 5.75. The van der Waals surface area contributed by atoms with E-state index < -0.39 is 0 Å². The minimum atomic E-state index is 0.715. The van der Waals surface area contributed by atoms with Crippen molar-refractivity contribution in [2.45, 2.75) is 25.9 Å². The average Bonchev–Trinajstić information content (AvgIpc) is 2.56. The molecule has 2 nitrogen and oxygen atoms in total. The maximum Gasteiger partial charge on any atom is 0.113 e. The van der Waals surface area contributed by atoms with Crippen LogP contribution in [0, 0.1) is 5.92 Å². The van der Waals surface area contributed by atoms with Gasteiger partial charge in [0.05, 0.1) is 6.20 Å². The zero-order chi connectivity index (χ0) is 8.55. The van der Waals surface area contributed by atoms with Crippen molar-refractivity contribution < 1.29 is 0 Å². The van der Waals surface area contributed by atoms with Crippen molar-refractivity contribution in [3.63, 3.8) is 0 Å². The first kappa shape index (κ1) is 8.48. The Hall–Kier alpha value is -0.120. The fourth-order valence-electron chi connectivity index (χ4n) is 1.19. The second-order valence-corrected chi connectivity index (χ2v) is 5.00. The minimum absolute atomic E-state index is 0.715. The standard InChI is InChI=1S/C8H11ClN2S/c1-5-2-6(5)10-4-8-11-3-7(9)12-8/h3,5-6,10H,2,4H2,1H3. The monoisotopic (exact) mass is 202 g/mol. The third-order valence-corrected chi connectivity index (χ3v) is 3.27. The van der Waals surface area contributed by atoms with Gasteiger partial charge in [-0.1, -0.05) is 18.5 Å². The Morgan fingerprint density at radius 3 is 3.08 bits per heavy atom. The van der Waals surface area contributed by atoms with Crippen LogP contribution in [0.3, 0.4) is 0 Å². The Labute approximate surface area is 81.0 Å². The van der Waals surface area contributed by atoms with Gasteiger partial charge >= 0.3 is 0 Å². The minimum Gasteiger partial charge on any atom is -0.307 e. The van der Waals surface area contributed by atoms with Crippen LogP contribution in [0.15, 0.2) is 6.20 Å². The van der Waals surface area contributed by atoms with Crippen LogP contribution in [0.25, 0.3) is 0 Å². The summed E-state index contributed by atoms with van der Waals surface area (Å²) >= 11 is 7.30. The number of nitrogens with one attached hydrogen (secondary N) is 1. The van der Waals surface area contributed by atoms with Gasteiger partial charge in [0.1, 0.15) is 9.34 Å². The number of aromatic nitrogens is 1. The fourth-order valence-corrected chi connectivity index (χ4v) is 2.10. The number of halogens is 1. The molecule has 1 saturated carbocycles. The van der Waals surface area contributed by atoms with Gasteiger partial charge in [-0.2, -0.15) is 0 Å². The summed E-state index contributed by atoms with van der Waals surface area (Å²) in [5.74, 6) is 0.848. The molecule has 1 aromatic heterocycles. The second kappa shape index (κ2) is 3.32. The van der Waals surface area contributed by atoms with E-state index >= 15 is 0 Å². The summed E-state index contributed by atoms with van der Waals surface area (Å²) < 4.78 is 0.774. The summed E-state index contributed by atoms with van der Waals surface area (Å²) in [6.07, 6.45) is 3.01. The first-order valence-corrected chi connectivity index (χ1v) is 5.29. The van der Waals surface area contributed by atoms with Crippen LogP contribution < -0.4 is 5.32 Å². The van der Waals surface area contributed by atoms with Gasteiger partial charge in [-0.3, -0.25) is 0 Å². The molecule has 0 radical (unpaired) electrons. The largest absolute Gasteiger partial charge is 0.307 e. The highest BCUT2D eigenvalue weighted by molar-refractivity contribution is 7.15. The quantitative estimate of drug-likeness (QED) is 0.814. The SMILES string of the molecule is CC1CC1NCc1ncc(Cl)s1. The predicted molar refractivity (Wildman–Crippen MR) is 51.5 cm³/mol. The molecule has 1 N–H and O–H groups in total. The highest BCUT2D eigenvalue weighted by Crippen LogP contribution is 2.29. The molecule has 12 heavy (non-hydrogen) atoms. The highest BCUT2D eigenvalue weighted by atomic mass is 35.5. The lowest BCUT2D eigenvalue weighted by atomic mass is 10.5. The Morgan fingerprint density at radius 1 is 1.83 bits per heavy atom. The molecule has 2 rings (SSSR count). The van der Waals surface area contributed by atoms with E-state index in [1.165, 1.54) is 6.42 Å². The lowest BCUT2D eigenvalue weighted by molar-refractivity contribution is 0.650. The van der Waals surface area contributed by atoms with Crippen molar-refractivity contribution in [3.05, 3.63) is 15.5 Å². The van der Waals surface area contributed by atoms with Crippen molar-refractivity contribution in [1.29, 1.82) is 0 Å². The normalized spacial score (nSPS) is 27.5. The van der Waals surface area contributed by atoms with Crippen molar-refractivity contribution in [3.8, 4) is 0 Å². The molecule has 1 aliphatic rings. The molecule has 2 atom stereocenters. The lowest BCUT2D eigenvalue weighted by Crippen LogP contribution is -2.16. The summed E-state index contributed by atoms with van der Waals surface area (Å²) in [5, 5.41) is 4.51. The molecule has 0 spiro atoms. The molecular weight excluding hydrogens is 192 g/mol. The van der Waals surface area contributed by atoms with Crippen molar-refractivity contribution in [2.75, 3.05) is 0 Å². The molecule has 0 saturated heterocycles. The van der Waals surface area contributed by atoms with E-state index in [2.05, 4.69) is 17.2 Å². The molecule has 0 amide bonds. The third kappa shape index (κ3) is 1.97. The Kier molecular flexibility index (Phi) is 2.35. The molecule has 0 aliphatic heterocycles. The number of hydrogen-bond donors (Lipinski definition) is 1. The number of thiazole rings is 1. The molecule has 0 bridgehead atoms. The molecule has 1 aromatic rings.